The minimum atomic E-state index is -0.852. The Labute approximate surface area is 129 Å². The smallest absolute Gasteiger partial charge is 0.407 e. The first-order valence-electron chi connectivity index (χ1n) is 7.83. The lowest BCUT2D eigenvalue weighted by molar-refractivity contribution is -0.153. The fraction of sp³-hybridized carbons (Fsp3) is 0.529. The predicted octanol–water partition coefficient (Wildman–Crippen LogP) is 3.01. The monoisotopic (exact) mass is 303 g/mol. The summed E-state index contributed by atoms with van der Waals surface area (Å²) >= 11 is 0. The van der Waals surface area contributed by atoms with E-state index >= 15 is 0 Å². The number of carboxylic acid groups (broad SMARTS) is 1. The second-order valence-electron chi connectivity index (χ2n) is 6.24. The highest BCUT2D eigenvalue weighted by molar-refractivity contribution is 5.77. The number of piperidine rings is 1. The van der Waals surface area contributed by atoms with Gasteiger partial charge in [0.05, 0.1) is 5.92 Å². The minimum Gasteiger partial charge on any atom is -0.465 e. The molecule has 5 nitrogen and oxygen atoms in total. The average Bonchev–Trinajstić information content (AvgIpc) is 2.79. The van der Waals surface area contributed by atoms with Crippen LogP contribution in [0.1, 0.15) is 44.1 Å². The van der Waals surface area contributed by atoms with Gasteiger partial charge in [-0.05, 0) is 25.3 Å². The molecule has 2 bridgehead atoms. The molecule has 2 saturated heterocycles. The van der Waals surface area contributed by atoms with E-state index in [9.17, 15) is 14.7 Å². The van der Waals surface area contributed by atoms with Gasteiger partial charge in [-0.1, -0.05) is 30.3 Å². The molecule has 1 aromatic rings. The van der Waals surface area contributed by atoms with Crippen LogP contribution in [-0.4, -0.2) is 40.3 Å². The molecular weight excluding hydrogens is 282 g/mol. The molecule has 2 aliphatic heterocycles. The molecule has 0 spiro atoms. The van der Waals surface area contributed by atoms with Gasteiger partial charge in [0, 0.05) is 24.9 Å². The van der Waals surface area contributed by atoms with Crippen LogP contribution >= 0.6 is 0 Å². The molecule has 2 fully saturated rings. The summed E-state index contributed by atoms with van der Waals surface area (Å²) in [4.78, 5) is 25.1. The summed E-state index contributed by atoms with van der Waals surface area (Å²) in [7, 11) is 0. The number of carbonyl (C=O) groups is 2. The lowest BCUT2D eigenvalue weighted by atomic mass is 9.99. The van der Waals surface area contributed by atoms with E-state index < -0.39 is 6.09 Å². The van der Waals surface area contributed by atoms with Gasteiger partial charge in [-0.25, -0.2) is 4.79 Å². The van der Waals surface area contributed by atoms with E-state index in [1.165, 1.54) is 0 Å². The molecule has 1 amide bonds. The van der Waals surface area contributed by atoms with Crippen molar-refractivity contribution >= 4 is 12.1 Å². The zero-order valence-corrected chi connectivity index (χ0v) is 12.6. The number of benzene rings is 1. The van der Waals surface area contributed by atoms with Crippen LogP contribution in [0.2, 0.25) is 0 Å². The predicted molar refractivity (Wildman–Crippen MR) is 80.6 cm³/mol. The summed E-state index contributed by atoms with van der Waals surface area (Å²) in [6, 6.07) is 9.57. The number of esters is 1. The fourth-order valence-electron chi connectivity index (χ4n) is 3.68. The molecule has 3 rings (SSSR count). The summed E-state index contributed by atoms with van der Waals surface area (Å²) < 4.78 is 5.66. The van der Waals surface area contributed by atoms with Crippen molar-refractivity contribution in [3.05, 3.63) is 35.9 Å². The van der Waals surface area contributed by atoms with Crippen molar-refractivity contribution in [2.45, 2.75) is 56.7 Å². The van der Waals surface area contributed by atoms with Crippen LogP contribution in [0.4, 0.5) is 4.79 Å². The standard InChI is InChI=1S/C17H21NO4/c1-11(12-5-3-2-4-6-12)16(19)22-15-9-13-7-8-14(10-15)18(13)17(20)21/h2-6,11,13-15H,7-10H2,1H3,(H,20,21)/t11?,13-,14+,15?. The van der Waals surface area contributed by atoms with Crippen LogP contribution < -0.4 is 0 Å². The number of nitrogens with zero attached hydrogens (tertiary/aromatic N) is 1. The maximum atomic E-state index is 12.3. The largest absolute Gasteiger partial charge is 0.465 e. The maximum Gasteiger partial charge on any atom is 0.407 e. The van der Waals surface area contributed by atoms with Gasteiger partial charge >= 0.3 is 12.1 Å². The van der Waals surface area contributed by atoms with E-state index in [0.29, 0.717) is 12.8 Å². The molecule has 2 aliphatic rings. The number of rotatable bonds is 3. The number of ether oxygens (including phenoxy) is 1. The molecule has 118 valence electrons. The number of amides is 1. The molecule has 4 atom stereocenters. The molecule has 22 heavy (non-hydrogen) atoms. The van der Waals surface area contributed by atoms with Crippen molar-refractivity contribution < 1.29 is 19.4 Å². The van der Waals surface area contributed by atoms with Gasteiger partial charge in [0.1, 0.15) is 6.10 Å². The first-order chi connectivity index (χ1) is 10.6. The molecule has 2 heterocycles. The van der Waals surface area contributed by atoms with Crippen molar-refractivity contribution in [3.63, 3.8) is 0 Å². The van der Waals surface area contributed by atoms with Crippen molar-refractivity contribution in [2.24, 2.45) is 0 Å². The Morgan fingerprint density at radius 3 is 2.32 bits per heavy atom. The van der Waals surface area contributed by atoms with E-state index in [4.69, 9.17) is 4.74 Å². The Morgan fingerprint density at radius 2 is 1.77 bits per heavy atom. The van der Waals surface area contributed by atoms with Gasteiger partial charge in [-0.2, -0.15) is 0 Å². The quantitative estimate of drug-likeness (QED) is 0.872. The number of hydrogen-bond acceptors (Lipinski definition) is 3. The Balaban J connectivity index is 1.61. The van der Waals surface area contributed by atoms with Gasteiger partial charge in [0.25, 0.3) is 0 Å². The van der Waals surface area contributed by atoms with Crippen LogP contribution in [0.5, 0.6) is 0 Å². The highest BCUT2D eigenvalue weighted by Crippen LogP contribution is 2.37. The number of carbonyl (C=O) groups excluding carboxylic acids is 1. The van der Waals surface area contributed by atoms with Gasteiger partial charge in [-0.15, -0.1) is 0 Å². The second-order valence-corrected chi connectivity index (χ2v) is 6.24. The zero-order chi connectivity index (χ0) is 15.7. The third-order valence-electron chi connectivity index (χ3n) is 4.85. The van der Waals surface area contributed by atoms with Crippen molar-refractivity contribution in [2.75, 3.05) is 0 Å². The summed E-state index contributed by atoms with van der Waals surface area (Å²) in [5, 5.41) is 9.24. The van der Waals surface area contributed by atoms with Crippen LogP contribution in [0.15, 0.2) is 30.3 Å². The van der Waals surface area contributed by atoms with Crippen LogP contribution in [0, 0.1) is 0 Å². The first kappa shape index (κ1) is 14.9. The van der Waals surface area contributed by atoms with Crippen molar-refractivity contribution in [3.8, 4) is 0 Å². The highest BCUT2D eigenvalue weighted by Gasteiger charge is 2.44. The molecule has 0 radical (unpaired) electrons. The Kier molecular flexibility index (Phi) is 4.05. The normalized spacial score (nSPS) is 28.2. The average molecular weight is 303 g/mol. The van der Waals surface area contributed by atoms with E-state index in [-0.39, 0.29) is 30.1 Å². The summed E-state index contributed by atoms with van der Waals surface area (Å²) in [5.41, 5.74) is 0.943. The summed E-state index contributed by atoms with van der Waals surface area (Å²) in [5.74, 6) is -0.518. The molecule has 1 N–H and O–H groups in total. The summed E-state index contributed by atoms with van der Waals surface area (Å²) in [6.07, 6.45) is 1.98. The minimum absolute atomic E-state index is 0.00100. The van der Waals surface area contributed by atoms with Crippen molar-refractivity contribution in [1.82, 2.24) is 4.90 Å². The Hall–Kier alpha value is -2.04. The Bertz CT molecular complexity index is 545. The molecule has 5 heteroatoms. The first-order valence-corrected chi connectivity index (χ1v) is 7.83. The lowest BCUT2D eigenvalue weighted by Gasteiger charge is -2.36. The highest BCUT2D eigenvalue weighted by atomic mass is 16.5. The van der Waals surface area contributed by atoms with Crippen LogP contribution in [0.3, 0.4) is 0 Å². The number of hydrogen-bond donors (Lipinski definition) is 1. The lowest BCUT2D eigenvalue weighted by Crippen LogP contribution is -2.48. The molecular formula is C17H21NO4. The molecule has 2 unspecified atom stereocenters. The SMILES string of the molecule is CC(C(=O)OC1C[C@H]2CC[C@@H](C1)N2C(=O)O)c1ccccc1. The third-order valence-corrected chi connectivity index (χ3v) is 4.85. The van der Waals surface area contributed by atoms with Crippen LogP contribution in [-0.2, 0) is 9.53 Å². The van der Waals surface area contributed by atoms with E-state index in [0.717, 1.165) is 18.4 Å². The van der Waals surface area contributed by atoms with Gasteiger partial charge in [-0.3, -0.25) is 4.79 Å². The molecule has 0 saturated carbocycles. The molecule has 1 aromatic carbocycles. The van der Waals surface area contributed by atoms with E-state index in [1.54, 1.807) is 4.90 Å². The third kappa shape index (κ3) is 2.80. The van der Waals surface area contributed by atoms with E-state index in [1.807, 2.05) is 37.3 Å². The summed E-state index contributed by atoms with van der Waals surface area (Å²) in [6.45, 7) is 1.85. The van der Waals surface area contributed by atoms with Gasteiger partial charge < -0.3 is 14.7 Å². The van der Waals surface area contributed by atoms with Crippen molar-refractivity contribution in [1.29, 1.82) is 0 Å². The van der Waals surface area contributed by atoms with E-state index in [2.05, 4.69) is 0 Å². The topological polar surface area (TPSA) is 66.8 Å². The molecule has 0 aliphatic carbocycles. The Morgan fingerprint density at radius 1 is 1.18 bits per heavy atom. The van der Waals surface area contributed by atoms with Crippen LogP contribution in [0.25, 0.3) is 0 Å². The maximum absolute atomic E-state index is 12.3. The molecule has 0 aromatic heterocycles. The zero-order valence-electron chi connectivity index (χ0n) is 12.6. The second kappa shape index (κ2) is 5.99. The number of fused-ring (bicyclic) bond motifs is 2. The van der Waals surface area contributed by atoms with Gasteiger partial charge in [0.15, 0.2) is 0 Å². The van der Waals surface area contributed by atoms with Gasteiger partial charge in [0.2, 0.25) is 0 Å². The fourth-order valence-corrected chi connectivity index (χ4v) is 3.68.